The second-order valence-corrected chi connectivity index (χ2v) is 12.2. The molecule has 0 aliphatic carbocycles. The summed E-state index contributed by atoms with van der Waals surface area (Å²) in [5.74, 6) is -3.55. The normalized spacial score (nSPS) is 17.2. The Morgan fingerprint density at radius 2 is 1.58 bits per heavy atom. The van der Waals surface area contributed by atoms with E-state index in [9.17, 15) is 29.1 Å². The minimum Gasteiger partial charge on any atom is -0.480 e. The number of aliphatic carboxylic acids is 1. The van der Waals surface area contributed by atoms with Crippen LogP contribution in [0.1, 0.15) is 65.4 Å². The highest BCUT2D eigenvalue weighted by Crippen LogP contribution is 2.20. The summed E-state index contributed by atoms with van der Waals surface area (Å²) in [6.45, 7) is 8.00. The van der Waals surface area contributed by atoms with Crippen LogP contribution in [0.5, 0.6) is 0 Å². The molecule has 2 rings (SSSR count). The van der Waals surface area contributed by atoms with Crippen molar-refractivity contribution in [3.63, 3.8) is 0 Å². The van der Waals surface area contributed by atoms with Crippen LogP contribution in [0.4, 0.5) is 0 Å². The molecule has 0 aromatic heterocycles. The van der Waals surface area contributed by atoms with Crippen molar-refractivity contribution in [3.05, 3.63) is 35.9 Å². The molecule has 1 saturated heterocycles. The molecule has 0 radical (unpaired) electrons. The fraction of sp³-hybridized carbons (Fsp3) is 0.613. The Morgan fingerprint density at radius 1 is 0.956 bits per heavy atom. The number of nitrogens with zero attached hydrogens (tertiary/aromatic N) is 2. The van der Waals surface area contributed by atoms with Crippen molar-refractivity contribution in [1.82, 2.24) is 20.9 Å². The van der Waals surface area contributed by atoms with Gasteiger partial charge in [0.25, 0.3) is 0 Å². The molecule has 1 heterocycles. The van der Waals surface area contributed by atoms with Crippen LogP contribution in [0.15, 0.2) is 35.3 Å². The minimum absolute atomic E-state index is 0.0309. The Balaban J connectivity index is 2.24. The first kappa shape index (κ1) is 37.0. The van der Waals surface area contributed by atoms with E-state index in [2.05, 4.69) is 20.9 Å². The smallest absolute Gasteiger partial charge is 0.326 e. The van der Waals surface area contributed by atoms with Crippen LogP contribution in [0, 0.1) is 11.8 Å². The third-order valence-electron chi connectivity index (χ3n) is 7.66. The van der Waals surface area contributed by atoms with Gasteiger partial charge in [-0.15, -0.1) is 0 Å². The summed E-state index contributed by atoms with van der Waals surface area (Å²) >= 11 is 0. The Hall–Kier alpha value is -4.20. The molecule has 5 atom stereocenters. The van der Waals surface area contributed by atoms with Crippen molar-refractivity contribution in [1.29, 1.82) is 0 Å². The largest absolute Gasteiger partial charge is 0.480 e. The van der Waals surface area contributed by atoms with Crippen molar-refractivity contribution < 1.29 is 29.1 Å². The number of benzene rings is 1. The van der Waals surface area contributed by atoms with E-state index >= 15 is 0 Å². The molecule has 4 amide bonds. The summed E-state index contributed by atoms with van der Waals surface area (Å²) in [6, 6.07) is 4.19. The fourth-order valence-corrected chi connectivity index (χ4v) is 5.12. The number of carboxylic acid groups (broad SMARTS) is 1. The monoisotopic (exact) mass is 630 g/mol. The molecule has 0 unspecified atom stereocenters. The summed E-state index contributed by atoms with van der Waals surface area (Å²) in [5, 5.41) is 17.8. The van der Waals surface area contributed by atoms with E-state index in [4.69, 9.17) is 17.2 Å². The number of aliphatic imine (C=N–C) groups is 1. The molecule has 1 aliphatic rings. The highest BCUT2D eigenvalue weighted by molar-refractivity contribution is 5.95. The van der Waals surface area contributed by atoms with Crippen LogP contribution >= 0.6 is 0 Å². The number of hydrogen-bond donors (Lipinski definition) is 7. The van der Waals surface area contributed by atoms with E-state index in [1.165, 1.54) is 4.90 Å². The first-order valence-electron chi connectivity index (χ1n) is 15.5. The molecule has 0 saturated carbocycles. The lowest BCUT2D eigenvalue weighted by atomic mass is 10.00. The number of nitrogens with two attached hydrogens (primary N) is 3. The van der Waals surface area contributed by atoms with E-state index in [0.717, 1.165) is 5.56 Å². The Morgan fingerprint density at radius 3 is 2.16 bits per heavy atom. The molecule has 0 bridgehead atoms. The SMILES string of the molecule is CC(C)C[C@H](NC(=O)[C@H](Cc1ccccc1)NC(=O)[C@@H]1CCCN1C(=O)[C@@H](N)C(C)C)C(=O)N[C@@H](CCCN=C(N)N)C(=O)O. The third-order valence-corrected chi connectivity index (χ3v) is 7.66. The molecule has 0 spiro atoms. The maximum Gasteiger partial charge on any atom is 0.326 e. The minimum atomic E-state index is -1.23. The number of hydrogen-bond acceptors (Lipinski definition) is 7. The van der Waals surface area contributed by atoms with Crippen molar-refractivity contribution in [3.8, 4) is 0 Å². The highest BCUT2D eigenvalue weighted by Gasteiger charge is 2.38. The average Bonchev–Trinajstić information content (AvgIpc) is 3.47. The van der Waals surface area contributed by atoms with Crippen LogP contribution in [0.2, 0.25) is 0 Å². The molecule has 1 aromatic carbocycles. The van der Waals surface area contributed by atoms with E-state index in [1.807, 2.05) is 58.0 Å². The second-order valence-electron chi connectivity index (χ2n) is 12.2. The summed E-state index contributed by atoms with van der Waals surface area (Å²) < 4.78 is 0. The fourth-order valence-electron chi connectivity index (χ4n) is 5.12. The summed E-state index contributed by atoms with van der Waals surface area (Å²) in [7, 11) is 0. The van der Waals surface area contributed by atoms with E-state index < -0.39 is 53.9 Å². The van der Waals surface area contributed by atoms with E-state index in [0.29, 0.717) is 25.8 Å². The third kappa shape index (κ3) is 12.0. The first-order valence-corrected chi connectivity index (χ1v) is 15.5. The molecule has 45 heavy (non-hydrogen) atoms. The van der Waals surface area contributed by atoms with E-state index in [1.54, 1.807) is 0 Å². The molecule has 14 heteroatoms. The van der Waals surface area contributed by atoms with Gasteiger partial charge in [-0.2, -0.15) is 0 Å². The van der Waals surface area contributed by atoms with Crippen molar-refractivity contribution >= 4 is 35.6 Å². The number of nitrogens with one attached hydrogen (secondary N) is 3. The second kappa shape index (κ2) is 17.9. The Kier molecular flexibility index (Phi) is 14.7. The molecule has 14 nitrogen and oxygen atoms in total. The standard InChI is InChI=1S/C31H50N8O6/c1-18(2)16-22(26(40)36-21(30(44)45)12-8-14-35-31(33)34)37-27(41)23(17-20-10-6-5-7-11-20)38-28(42)24-13-9-15-39(24)29(43)25(32)19(3)4/h5-7,10-11,18-19,21-25H,8-9,12-17,32H2,1-4H3,(H,36,40)(H,37,41)(H,38,42)(H,44,45)(H4,33,34,35)/t21-,22-,23-,24-,25-/m0/s1. The molecule has 250 valence electrons. The molecule has 10 N–H and O–H groups in total. The summed E-state index contributed by atoms with van der Waals surface area (Å²) in [4.78, 5) is 70.8. The number of likely N-dealkylation sites (tertiary alicyclic amines) is 1. The summed E-state index contributed by atoms with van der Waals surface area (Å²) in [6.07, 6.45) is 1.79. The van der Waals surface area contributed by atoms with Crippen LogP contribution < -0.4 is 33.2 Å². The van der Waals surface area contributed by atoms with Gasteiger partial charge >= 0.3 is 5.97 Å². The first-order chi connectivity index (χ1) is 21.2. The molecule has 1 aromatic rings. The number of carboxylic acids is 1. The highest BCUT2D eigenvalue weighted by atomic mass is 16.4. The maximum absolute atomic E-state index is 13.7. The van der Waals surface area contributed by atoms with Gasteiger partial charge < -0.3 is 43.2 Å². The van der Waals surface area contributed by atoms with Gasteiger partial charge in [-0.1, -0.05) is 58.0 Å². The topological polar surface area (TPSA) is 235 Å². The zero-order chi connectivity index (χ0) is 33.7. The van der Waals surface area contributed by atoms with Crippen LogP contribution in [-0.4, -0.2) is 88.9 Å². The van der Waals surface area contributed by atoms with Crippen LogP contribution in [0.25, 0.3) is 0 Å². The molecular weight excluding hydrogens is 580 g/mol. The van der Waals surface area contributed by atoms with Gasteiger partial charge in [0.05, 0.1) is 6.04 Å². The number of carbonyl (C=O) groups is 5. The molecule has 1 fully saturated rings. The van der Waals surface area contributed by atoms with Gasteiger partial charge in [-0.3, -0.25) is 24.2 Å². The van der Waals surface area contributed by atoms with Gasteiger partial charge in [0.15, 0.2) is 5.96 Å². The van der Waals surface area contributed by atoms with E-state index in [-0.39, 0.29) is 49.5 Å². The molecule has 1 aliphatic heterocycles. The quantitative estimate of drug-likeness (QED) is 0.0687. The lowest BCUT2D eigenvalue weighted by molar-refractivity contribution is -0.142. The van der Waals surface area contributed by atoms with Gasteiger partial charge in [-0.25, -0.2) is 4.79 Å². The average molecular weight is 631 g/mol. The zero-order valence-electron chi connectivity index (χ0n) is 26.7. The number of rotatable bonds is 17. The Bertz CT molecular complexity index is 1190. The number of amides is 4. The number of guanidine groups is 1. The summed E-state index contributed by atoms with van der Waals surface area (Å²) in [5.41, 5.74) is 17.5. The van der Waals surface area contributed by atoms with Gasteiger partial charge in [-0.05, 0) is 49.5 Å². The lowest BCUT2D eigenvalue weighted by Crippen LogP contribution is -2.59. The predicted octanol–water partition coefficient (Wildman–Crippen LogP) is -0.158. The Labute approximate surface area is 264 Å². The predicted molar refractivity (Wildman–Crippen MR) is 170 cm³/mol. The molecular formula is C31H50N8O6. The van der Waals surface area contributed by atoms with Crippen molar-refractivity contribution in [2.24, 2.45) is 34.0 Å². The van der Waals surface area contributed by atoms with Gasteiger partial charge in [0, 0.05) is 19.5 Å². The zero-order valence-corrected chi connectivity index (χ0v) is 26.7. The van der Waals surface area contributed by atoms with Gasteiger partial charge in [0.2, 0.25) is 23.6 Å². The lowest BCUT2D eigenvalue weighted by Gasteiger charge is -2.30. The maximum atomic E-state index is 13.7. The van der Waals surface area contributed by atoms with Crippen LogP contribution in [0.3, 0.4) is 0 Å². The van der Waals surface area contributed by atoms with Gasteiger partial charge in [0.1, 0.15) is 24.2 Å². The van der Waals surface area contributed by atoms with Crippen molar-refractivity contribution in [2.45, 2.75) is 96.4 Å². The van der Waals surface area contributed by atoms with Crippen LogP contribution in [-0.2, 0) is 30.4 Å². The van der Waals surface area contributed by atoms with Crippen molar-refractivity contribution in [2.75, 3.05) is 13.1 Å². The number of carbonyl (C=O) groups excluding carboxylic acids is 4.